The molecule has 0 saturated carbocycles. The Bertz CT molecular complexity index is 722. The van der Waals surface area contributed by atoms with Crippen molar-refractivity contribution >= 4 is 32.9 Å². The van der Waals surface area contributed by atoms with Crippen LogP contribution in [0.25, 0.3) is 11.2 Å². The quantitative estimate of drug-likeness (QED) is 0.807. The van der Waals surface area contributed by atoms with Gasteiger partial charge in [-0.05, 0) is 11.6 Å². The Morgan fingerprint density at radius 2 is 2.05 bits per heavy atom. The Hall–Kier alpha value is -1.95. The van der Waals surface area contributed by atoms with Crippen LogP contribution in [0.1, 0.15) is 5.56 Å². The maximum atomic E-state index is 4.38. The van der Waals surface area contributed by atoms with Gasteiger partial charge < -0.3 is 9.88 Å². The molecule has 0 atom stereocenters. The second-order valence-electron chi connectivity index (χ2n) is 4.11. The van der Waals surface area contributed by atoms with E-state index in [1.54, 1.807) is 12.7 Å². The van der Waals surface area contributed by atoms with Crippen molar-refractivity contribution in [1.29, 1.82) is 0 Å². The van der Waals surface area contributed by atoms with Crippen LogP contribution in [0.3, 0.4) is 0 Å². The van der Waals surface area contributed by atoms with Gasteiger partial charge >= 0.3 is 0 Å². The number of benzene rings is 1. The van der Waals surface area contributed by atoms with Crippen molar-refractivity contribution in [3.05, 3.63) is 47.0 Å². The number of hydrogen-bond acceptors (Lipinski definition) is 4. The predicted octanol–water partition coefficient (Wildman–Crippen LogP) is 2.68. The highest BCUT2D eigenvalue weighted by Gasteiger charge is 2.09. The largest absolute Gasteiger partial charge is 0.371 e. The summed E-state index contributed by atoms with van der Waals surface area (Å²) in [5, 5.41) is 3.02. The smallest absolute Gasteiger partial charge is 0.165 e. The zero-order valence-electron chi connectivity index (χ0n) is 10.3. The van der Waals surface area contributed by atoms with Crippen LogP contribution >= 0.6 is 15.9 Å². The summed E-state index contributed by atoms with van der Waals surface area (Å²) in [5.74, 6) is 0.746. The van der Waals surface area contributed by atoms with Gasteiger partial charge in [0.1, 0.15) is 11.8 Å². The van der Waals surface area contributed by atoms with Crippen LogP contribution in [-0.2, 0) is 6.54 Å². The number of rotatable bonds is 3. The normalized spacial score (nSPS) is 10.8. The van der Waals surface area contributed by atoms with Crippen molar-refractivity contribution in [3.8, 4) is 0 Å². The first-order chi connectivity index (χ1) is 9.29. The van der Waals surface area contributed by atoms with Crippen molar-refractivity contribution in [2.24, 2.45) is 0 Å². The predicted molar refractivity (Wildman–Crippen MR) is 78.1 cm³/mol. The summed E-state index contributed by atoms with van der Waals surface area (Å²) in [6.45, 7) is 0.720. The van der Waals surface area contributed by atoms with Gasteiger partial charge in [0, 0.05) is 11.5 Å². The second kappa shape index (κ2) is 4.97. The maximum absolute atomic E-state index is 4.38. The van der Waals surface area contributed by atoms with Gasteiger partial charge in [-0.25, -0.2) is 15.0 Å². The first-order valence-electron chi connectivity index (χ1n) is 5.86. The lowest BCUT2D eigenvalue weighted by Crippen LogP contribution is -2.01. The van der Waals surface area contributed by atoms with Crippen molar-refractivity contribution in [3.63, 3.8) is 0 Å². The lowest BCUT2D eigenvalue weighted by molar-refractivity contribution is 0.810. The molecule has 96 valence electrons. The molecule has 3 aromatic rings. The maximum Gasteiger partial charge on any atom is 0.165 e. The number of halogens is 1. The van der Waals surface area contributed by atoms with E-state index < -0.39 is 0 Å². The van der Waals surface area contributed by atoms with E-state index in [4.69, 9.17) is 0 Å². The highest BCUT2D eigenvalue weighted by atomic mass is 79.9. The molecule has 0 amide bonds. The Morgan fingerprint density at radius 1 is 1.21 bits per heavy atom. The number of imidazole rings is 1. The van der Waals surface area contributed by atoms with Gasteiger partial charge in [-0.3, -0.25) is 0 Å². The second-order valence-corrected chi connectivity index (χ2v) is 4.96. The first kappa shape index (κ1) is 12.1. The fourth-order valence-corrected chi connectivity index (χ4v) is 2.40. The highest BCUT2D eigenvalue weighted by molar-refractivity contribution is 9.10. The Labute approximate surface area is 118 Å². The topological polar surface area (TPSA) is 55.6 Å². The minimum atomic E-state index is 0.720. The van der Waals surface area contributed by atoms with E-state index in [0.29, 0.717) is 0 Å². The summed E-state index contributed by atoms with van der Waals surface area (Å²) >= 11 is 3.56. The number of anilines is 1. The lowest BCUT2D eigenvalue weighted by atomic mass is 10.2. The van der Waals surface area contributed by atoms with E-state index in [1.165, 1.54) is 5.56 Å². The third kappa shape index (κ3) is 2.19. The average molecular weight is 318 g/mol. The van der Waals surface area contributed by atoms with Crippen molar-refractivity contribution in [1.82, 2.24) is 19.5 Å². The van der Waals surface area contributed by atoms with E-state index in [1.807, 2.05) is 29.8 Å². The molecular formula is C13H12BrN5. The van der Waals surface area contributed by atoms with Gasteiger partial charge in [0.15, 0.2) is 11.5 Å². The van der Waals surface area contributed by atoms with Crippen LogP contribution < -0.4 is 5.32 Å². The zero-order chi connectivity index (χ0) is 13.2. The monoisotopic (exact) mass is 317 g/mol. The molecule has 19 heavy (non-hydrogen) atoms. The number of fused-ring (bicyclic) bond motifs is 1. The van der Waals surface area contributed by atoms with Crippen LogP contribution in [0.2, 0.25) is 0 Å². The van der Waals surface area contributed by atoms with Gasteiger partial charge in [-0.15, -0.1) is 0 Å². The molecule has 3 rings (SSSR count). The number of nitrogens with one attached hydrogen (secondary N) is 1. The Balaban J connectivity index is 2.05. The van der Waals surface area contributed by atoms with Gasteiger partial charge in [0.2, 0.25) is 0 Å². The fourth-order valence-electron chi connectivity index (χ4n) is 1.99. The van der Waals surface area contributed by atoms with E-state index in [2.05, 4.69) is 42.3 Å². The van der Waals surface area contributed by atoms with E-state index in [0.717, 1.165) is 28.0 Å². The van der Waals surface area contributed by atoms with Crippen LogP contribution in [0.15, 0.2) is 41.4 Å². The molecule has 2 heterocycles. The van der Waals surface area contributed by atoms with Crippen molar-refractivity contribution in [2.45, 2.75) is 6.54 Å². The van der Waals surface area contributed by atoms with Gasteiger partial charge in [0.25, 0.3) is 0 Å². The first-order valence-corrected chi connectivity index (χ1v) is 6.66. The molecule has 0 aliphatic rings. The molecule has 0 aliphatic heterocycles. The minimum absolute atomic E-state index is 0.720. The minimum Gasteiger partial charge on any atom is -0.371 e. The summed E-state index contributed by atoms with van der Waals surface area (Å²) in [6.07, 6.45) is 3.34. The molecule has 5 nitrogen and oxygen atoms in total. The third-order valence-corrected chi connectivity index (χ3v) is 3.71. The van der Waals surface area contributed by atoms with Crippen LogP contribution in [-0.4, -0.2) is 26.6 Å². The van der Waals surface area contributed by atoms with Gasteiger partial charge in [-0.2, -0.15) is 0 Å². The van der Waals surface area contributed by atoms with Crippen LogP contribution in [0.4, 0.5) is 5.82 Å². The third-order valence-electron chi connectivity index (χ3n) is 2.94. The van der Waals surface area contributed by atoms with Crippen molar-refractivity contribution < 1.29 is 0 Å². The SMILES string of the molecule is CNc1ncnc2c1ncn2Cc1ccccc1Br. The molecule has 0 saturated heterocycles. The zero-order valence-corrected chi connectivity index (χ0v) is 11.9. The van der Waals surface area contributed by atoms with E-state index >= 15 is 0 Å². The lowest BCUT2D eigenvalue weighted by Gasteiger charge is -2.06. The summed E-state index contributed by atoms with van der Waals surface area (Å²) in [4.78, 5) is 12.8. The van der Waals surface area contributed by atoms with E-state index in [9.17, 15) is 0 Å². The molecule has 0 unspecified atom stereocenters. The molecule has 0 radical (unpaired) electrons. The molecule has 1 aromatic carbocycles. The molecule has 0 spiro atoms. The molecule has 1 N–H and O–H groups in total. The molecular weight excluding hydrogens is 306 g/mol. The summed E-state index contributed by atoms with van der Waals surface area (Å²) in [7, 11) is 1.83. The van der Waals surface area contributed by atoms with Gasteiger partial charge in [-0.1, -0.05) is 34.1 Å². The average Bonchev–Trinajstić information content (AvgIpc) is 2.84. The highest BCUT2D eigenvalue weighted by Crippen LogP contribution is 2.21. The molecule has 0 bridgehead atoms. The summed E-state index contributed by atoms with van der Waals surface area (Å²) in [6, 6.07) is 8.13. The Morgan fingerprint density at radius 3 is 2.84 bits per heavy atom. The number of aromatic nitrogens is 4. The fraction of sp³-hybridized carbons (Fsp3) is 0.154. The molecule has 0 aliphatic carbocycles. The summed E-state index contributed by atoms with van der Waals surface area (Å²) in [5.41, 5.74) is 2.80. The van der Waals surface area contributed by atoms with Crippen LogP contribution in [0, 0.1) is 0 Å². The molecule has 0 fully saturated rings. The van der Waals surface area contributed by atoms with Gasteiger partial charge in [0.05, 0.1) is 12.9 Å². The molecule has 6 heteroatoms. The number of hydrogen-bond donors (Lipinski definition) is 1. The summed E-state index contributed by atoms with van der Waals surface area (Å²) < 4.78 is 3.09. The van der Waals surface area contributed by atoms with Crippen molar-refractivity contribution in [2.75, 3.05) is 12.4 Å². The van der Waals surface area contributed by atoms with Crippen LogP contribution in [0.5, 0.6) is 0 Å². The number of nitrogens with zero attached hydrogens (tertiary/aromatic N) is 4. The Kier molecular flexibility index (Phi) is 3.16. The van der Waals surface area contributed by atoms with E-state index in [-0.39, 0.29) is 0 Å². The standard InChI is InChI=1S/C13H12BrN5/c1-15-12-11-13(17-7-16-12)19(8-18-11)6-9-4-2-3-5-10(9)14/h2-5,7-8H,6H2,1H3,(H,15,16,17). The molecule has 2 aromatic heterocycles.